The average molecular weight is 701 g/mol. The molecule has 2 aliphatic rings. The minimum atomic E-state index is 0.317. The molecular formula is C38H44N12O2. The Morgan fingerprint density at radius 1 is 0.865 bits per heavy atom. The smallest absolute Gasteiger partial charge is 0.229 e. The molecule has 5 N–H and O–H groups in total. The van der Waals surface area contributed by atoms with Crippen molar-refractivity contribution in [3.63, 3.8) is 0 Å². The number of hydrogen-bond donors (Lipinski definition) is 5. The molecule has 0 saturated carbocycles. The highest BCUT2D eigenvalue weighted by atomic mass is 16.4. The maximum Gasteiger partial charge on any atom is 0.229 e. The summed E-state index contributed by atoms with van der Waals surface area (Å²) in [7, 11) is 0. The van der Waals surface area contributed by atoms with Gasteiger partial charge in [-0.15, -0.1) is 0 Å². The molecule has 8 heterocycles. The number of aromatic nitrogens is 6. The van der Waals surface area contributed by atoms with E-state index in [1.54, 1.807) is 18.5 Å². The van der Waals surface area contributed by atoms with E-state index in [1.165, 1.54) is 12.5 Å². The number of rotatable bonds is 8. The number of H-pyrrole nitrogens is 2. The second-order valence-electron chi connectivity index (χ2n) is 12.8. The van der Waals surface area contributed by atoms with E-state index >= 15 is 0 Å². The molecule has 268 valence electrons. The van der Waals surface area contributed by atoms with E-state index in [9.17, 15) is 0 Å². The maximum absolute atomic E-state index is 8.84. The first-order chi connectivity index (χ1) is 25.5. The van der Waals surface area contributed by atoms with Crippen molar-refractivity contribution in [2.24, 2.45) is 0 Å². The standard InChI is InChI=1S/C19H22N6O.C16H19N5O.C3H3N/c1-13-10-23-19(26-13)16-11-22-18-15(5-7-21-18)17(16)24-14-4-2-8-25(12-14)9-3-6-20;1-10-7-20-16(22-10)13-9-19-15-12(4-6-18-15)14(13)21-11-3-2-5-17-8-11;1-2-3-4/h5,7,10-11,14H,2-4,8-9,12H2,1H3,(H2,21,22,24);4,6-7,9,11,17H,2-3,5,8H2,1H3,(H2,18,19,21);2H,1H2/t14-;11-;/m11./s1. The van der Waals surface area contributed by atoms with Gasteiger partial charge in [0.1, 0.15) is 22.8 Å². The molecule has 2 aliphatic heterocycles. The van der Waals surface area contributed by atoms with Crippen LogP contribution in [0.15, 0.2) is 70.8 Å². The number of hydrogen-bond acceptors (Lipinski definition) is 12. The topological polar surface area (TPSA) is 196 Å². The lowest BCUT2D eigenvalue weighted by Gasteiger charge is -2.33. The van der Waals surface area contributed by atoms with Crippen molar-refractivity contribution in [3.8, 4) is 35.0 Å². The molecule has 52 heavy (non-hydrogen) atoms. The van der Waals surface area contributed by atoms with Crippen LogP contribution in [0.25, 0.3) is 45.0 Å². The zero-order valence-electron chi connectivity index (χ0n) is 29.6. The number of aromatic amines is 2. The van der Waals surface area contributed by atoms with Gasteiger partial charge in [0.05, 0.1) is 47.0 Å². The number of aryl methyl sites for hydroxylation is 2. The Kier molecular flexibility index (Phi) is 11.9. The number of nitrogens with zero attached hydrogens (tertiary/aromatic N) is 7. The van der Waals surface area contributed by atoms with E-state index in [0.29, 0.717) is 30.3 Å². The van der Waals surface area contributed by atoms with E-state index in [1.807, 2.05) is 50.8 Å². The third-order valence-electron chi connectivity index (χ3n) is 9.01. The van der Waals surface area contributed by atoms with Crippen molar-refractivity contribution in [3.05, 3.63) is 73.5 Å². The van der Waals surface area contributed by atoms with Gasteiger partial charge in [-0.25, -0.2) is 19.9 Å². The Balaban J connectivity index is 0.000000164. The van der Waals surface area contributed by atoms with Crippen LogP contribution < -0.4 is 16.0 Å². The quantitative estimate of drug-likeness (QED) is 0.106. The van der Waals surface area contributed by atoms with Gasteiger partial charge in [-0.2, -0.15) is 10.5 Å². The predicted molar refractivity (Wildman–Crippen MR) is 201 cm³/mol. The molecule has 0 amide bonds. The van der Waals surface area contributed by atoms with Crippen LogP contribution in [0.3, 0.4) is 0 Å². The molecule has 0 bridgehead atoms. The first-order valence-electron chi connectivity index (χ1n) is 17.6. The minimum absolute atomic E-state index is 0.317. The number of oxazole rings is 2. The first-order valence-corrected chi connectivity index (χ1v) is 17.6. The van der Waals surface area contributed by atoms with Crippen molar-refractivity contribution < 1.29 is 8.83 Å². The van der Waals surface area contributed by atoms with E-state index in [-0.39, 0.29) is 0 Å². The van der Waals surface area contributed by atoms with Gasteiger partial charge >= 0.3 is 0 Å². The summed E-state index contributed by atoms with van der Waals surface area (Å²) in [6.45, 7) is 11.8. The van der Waals surface area contributed by atoms with Crippen molar-refractivity contribution in [2.75, 3.05) is 43.4 Å². The number of nitrogens with one attached hydrogen (secondary N) is 5. The largest absolute Gasteiger partial charge is 0.441 e. The Morgan fingerprint density at radius 3 is 1.94 bits per heavy atom. The third-order valence-corrected chi connectivity index (χ3v) is 9.01. The summed E-state index contributed by atoms with van der Waals surface area (Å²) in [6, 6.07) is 8.73. The van der Waals surface area contributed by atoms with Gasteiger partial charge in [-0.3, -0.25) is 0 Å². The summed E-state index contributed by atoms with van der Waals surface area (Å²) in [5, 5.41) is 29.3. The zero-order chi connectivity index (χ0) is 36.3. The normalized spacial score (nSPS) is 17.2. The lowest BCUT2D eigenvalue weighted by molar-refractivity contribution is 0.221. The first kappa shape index (κ1) is 35.9. The van der Waals surface area contributed by atoms with Crippen LogP contribution in [0.5, 0.6) is 0 Å². The van der Waals surface area contributed by atoms with Crippen molar-refractivity contribution in [2.45, 2.75) is 58.0 Å². The summed E-state index contributed by atoms with van der Waals surface area (Å²) >= 11 is 0. The maximum atomic E-state index is 8.84. The lowest BCUT2D eigenvalue weighted by Crippen LogP contribution is -2.42. The summed E-state index contributed by atoms with van der Waals surface area (Å²) in [4.78, 5) is 26.4. The number of anilines is 2. The van der Waals surface area contributed by atoms with Crippen LogP contribution in [-0.4, -0.2) is 79.6 Å². The second kappa shape index (κ2) is 17.3. The van der Waals surface area contributed by atoms with Crippen LogP contribution in [0.4, 0.5) is 11.4 Å². The Morgan fingerprint density at radius 2 is 1.44 bits per heavy atom. The molecule has 0 spiro atoms. The van der Waals surface area contributed by atoms with Gasteiger partial charge in [0.15, 0.2) is 0 Å². The highest BCUT2D eigenvalue weighted by Gasteiger charge is 2.24. The Labute approximate surface area is 302 Å². The van der Waals surface area contributed by atoms with Crippen molar-refractivity contribution >= 4 is 33.4 Å². The van der Waals surface area contributed by atoms with Gasteiger partial charge in [0, 0.05) is 79.8 Å². The molecule has 14 heteroatoms. The van der Waals surface area contributed by atoms with Crippen LogP contribution in [-0.2, 0) is 0 Å². The molecule has 8 rings (SSSR count). The van der Waals surface area contributed by atoms with Crippen LogP contribution in [0, 0.1) is 36.5 Å². The highest BCUT2D eigenvalue weighted by molar-refractivity contribution is 5.98. The van der Waals surface area contributed by atoms with E-state index < -0.39 is 0 Å². The SMILES string of the molecule is C=CC#N.Cc1cnc(-c2cnc3[nH]ccc3c2N[C@@H]2CCCN(CCC#N)C2)o1.Cc1cnc(-c2cnc3[nH]ccc3c2N[C@@H]2CCCNC2)o1. The lowest BCUT2D eigenvalue weighted by atomic mass is 10.0. The van der Waals surface area contributed by atoms with E-state index in [4.69, 9.17) is 19.4 Å². The molecule has 2 saturated heterocycles. The molecule has 2 atom stereocenters. The van der Waals surface area contributed by atoms with Crippen molar-refractivity contribution in [1.29, 1.82) is 10.5 Å². The Hall–Kier alpha value is -5.96. The Bertz CT molecular complexity index is 2160. The zero-order valence-corrected chi connectivity index (χ0v) is 29.6. The fraction of sp³-hybridized carbons (Fsp3) is 0.368. The summed E-state index contributed by atoms with van der Waals surface area (Å²) in [5.74, 6) is 2.77. The van der Waals surface area contributed by atoms with Crippen LogP contribution in [0.2, 0.25) is 0 Å². The minimum Gasteiger partial charge on any atom is -0.441 e. The number of piperidine rings is 2. The number of allylic oxidation sites excluding steroid dienone is 1. The number of pyridine rings is 2. The predicted octanol–water partition coefficient (Wildman–Crippen LogP) is 6.70. The summed E-state index contributed by atoms with van der Waals surface area (Å²) in [6.07, 6.45) is 17.2. The third kappa shape index (κ3) is 8.66. The number of likely N-dealkylation sites (tertiary alicyclic amines) is 1. The van der Waals surface area contributed by atoms with E-state index in [0.717, 1.165) is 108 Å². The monoisotopic (exact) mass is 700 g/mol. The van der Waals surface area contributed by atoms with Gasteiger partial charge in [-0.1, -0.05) is 6.58 Å². The molecule has 6 aromatic rings. The number of fused-ring (bicyclic) bond motifs is 2. The van der Waals surface area contributed by atoms with Gasteiger partial charge < -0.3 is 39.7 Å². The molecule has 0 aromatic carbocycles. The highest BCUT2D eigenvalue weighted by Crippen LogP contribution is 2.35. The van der Waals surface area contributed by atoms with Gasteiger partial charge in [0.2, 0.25) is 11.8 Å². The van der Waals surface area contributed by atoms with Gasteiger partial charge in [-0.05, 0) is 64.8 Å². The molecule has 0 aliphatic carbocycles. The van der Waals surface area contributed by atoms with Crippen molar-refractivity contribution in [1.82, 2.24) is 40.1 Å². The van der Waals surface area contributed by atoms with Gasteiger partial charge in [0.25, 0.3) is 0 Å². The molecule has 14 nitrogen and oxygen atoms in total. The fourth-order valence-electron chi connectivity index (χ4n) is 6.58. The fourth-order valence-corrected chi connectivity index (χ4v) is 6.58. The van der Waals surface area contributed by atoms with Crippen LogP contribution in [0.1, 0.15) is 43.6 Å². The second-order valence-corrected chi connectivity index (χ2v) is 12.8. The van der Waals surface area contributed by atoms with E-state index in [2.05, 4.69) is 63.4 Å². The molecule has 6 aromatic heterocycles. The number of nitriles is 2. The summed E-state index contributed by atoms with van der Waals surface area (Å²) < 4.78 is 11.5. The molecule has 2 fully saturated rings. The summed E-state index contributed by atoms with van der Waals surface area (Å²) in [5.41, 5.74) is 5.55. The average Bonchev–Trinajstić information content (AvgIpc) is 4.00. The molecule has 0 unspecified atom stereocenters. The van der Waals surface area contributed by atoms with Crippen LogP contribution >= 0.6 is 0 Å². The molecule has 0 radical (unpaired) electrons. The molecular weight excluding hydrogens is 656 g/mol.